The van der Waals surface area contributed by atoms with Crippen LogP contribution in [0.25, 0.3) is 0 Å². The van der Waals surface area contributed by atoms with Gasteiger partial charge in [0.2, 0.25) is 5.91 Å². The maximum absolute atomic E-state index is 11.8. The molecule has 25 heavy (non-hydrogen) atoms. The minimum atomic E-state index is -0.0428. The normalized spacial score (nSPS) is 16.0. The SMILES string of the molecule is C=C(C)CNC(=NCC(=O)N(C)C)NC1CCOc2ccccc21.I. The van der Waals surface area contributed by atoms with E-state index in [0.29, 0.717) is 19.1 Å². The summed E-state index contributed by atoms with van der Waals surface area (Å²) in [4.78, 5) is 17.7. The molecule has 0 radical (unpaired) electrons. The molecule has 1 heterocycles. The lowest BCUT2D eigenvalue weighted by molar-refractivity contribution is -0.127. The van der Waals surface area contributed by atoms with Crippen LogP contribution in [0.5, 0.6) is 5.75 Å². The average Bonchev–Trinajstić information content (AvgIpc) is 2.57. The van der Waals surface area contributed by atoms with Crippen LogP contribution >= 0.6 is 24.0 Å². The van der Waals surface area contributed by atoms with Gasteiger partial charge in [-0.3, -0.25) is 4.79 Å². The molecule has 0 fully saturated rings. The van der Waals surface area contributed by atoms with E-state index in [-0.39, 0.29) is 42.5 Å². The van der Waals surface area contributed by atoms with E-state index < -0.39 is 0 Å². The standard InChI is InChI=1S/C18H26N4O2.HI/c1-13(2)11-19-18(20-12-17(23)22(3)4)21-15-9-10-24-16-8-6-5-7-14(15)16;/h5-8,15H,1,9-12H2,2-4H3,(H2,19,20,21);1H. The first-order valence-electron chi connectivity index (χ1n) is 8.08. The fourth-order valence-electron chi connectivity index (χ4n) is 2.33. The van der Waals surface area contributed by atoms with Crippen molar-refractivity contribution in [1.82, 2.24) is 15.5 Å². The molecular weight excluding hydrogens is 431 g/mol. The second-order valence-corrected chi connectivity index (χ2v) is 6.14. The molecule has 1 amide bonds. The second kappa shape index (κ2) is 10.3. The molecule has 0 aliphatic carbocycles. The molecule has 1 aliphatic heterocycles. The van der Waals surface area contributed by atoms with Gasteiger partial charge in [-0.2, -0.15) is 0 Å². The first-order valence-corrected chi connectivity index (χ1v) is 8.08. The molecular formula is C18H27IN4O2. The average molecular weight is 458 g/mol. The predicted molar refractivity (Wildman–Crippen MR) is 112 cm³/mol. The number of carbonyl (C=O) groups is 1. The fourth-order valence-corrected chi connectivity index (χ4v) is 2.33. The number of nitrogens with zero attached hydrogens (tertiary/aromatic N) is 2. The van der Waals surface area contributed by atoms with Crippen molar-refractivity contribution in [2.45, 2.75) is 19.4 Å². The predicted octanol–water partition coefficient (Wildman–Crippen LogP) is 2.33. The molecule has 1 aliphatic rings. The summed E-state index contributed by atoms with van der Waals surface area (Å²) >= 11 is 0. The maximum atomic E-state index is 11.8. The minimum Gasteiger partial charge on any atom is -0.493 e. The summed E-state index contributed by atoms with van der Waals surface area (Å²) in [7, 11) is 3.45. The molecule has 0 saturated heterocycles. The number of nitrogens with one attached hydrogen (secondary N) is 2. The van der Waals surface area contributed by atoms with Gasteiger partial charge >= 0.3 is 0 Å². The van der Waals surface area contributed by atoms with Gasteiger partial charge in [-0.1, -0.05) is 30.4 Å². The van der Waals surface area contributed by atoms with Crippen LogP contribution in [0.2, 0.25) is 0 Å². The molecule has 2 rings (SSSR count). The molecule has 138 valence electrons. The number of aliphatic imine (C=N–C) groups is 1. The first kappa shape index (κ1) is 21.3. The van der Waals surface area contributed by atoms with Gasteiger partial charge in [-0.15, -0.1) is 24.0 Å². The van der Waals surface area contributed by atoms with Gasteiger partial charge in [0.1, 0.15) is 12.3 Å². The summed E-state index contributed by atoms with van der Waals surface area (Å²) in [6.45, 7) is 7.19. The van der Waals surface area contributed by atoms with E-state index in [0.717, 1.165) is 23.3 Å². The number of carbonyl (C=O) groups excluding carboxylic acids is 1. The van der Waals surface area contributed by atoms with E-state index in [1.54, 1.807) is 14.1 Å². The number of amides is 1. The van der Waals surface area contributed by atoms with Crippen molar-refractivity contribution < 1.29 is 9.53 Å². The number of benzene rings is 1. The lowest BCUT2D eigenvalue weighted by Crippen LogP contribution is -2.42. The Hall–Kier alpha value is -1.77. The third-order valence-electron chi connectivity index (χ3n) is 3.70. The number of hydrogen-bond donors (Lipinski definition) is 2. The van der Waals surface area contributed by atoms with Crippen LogP contribution in [0, 0.1) is 0 Å². The topological polar surface area (TPSA) is 66.0 Å². The molecule has 0 saturated carbocycles. The Morgan fingerprint density at radius 1 is 1.40 bits per heavy atom. The van der Waals surface area contributed by atoms with Crippen molar-refractivity contribution in [1.29, 1.82) is 0 Å². The van der Waals surface area contributed by atoms with Gasteiger partial charge in [0.05, 0.1) is 12.6 Å². The van der Waals surface area contributed by atoms with Gasteiger partial charge in [0.25, 0.3) is 0 Å². The summed E-state index contributed by atoms with van der Waals surface area (Å²) < 4.78 is 5.69. The maximum Gasteiger partial charge on any atom is 0.243 e. The number of hydrogen-bond acceptors (Lipinski definition) is 3. The Morgan fingerprint density at radius 3 is 2.80 bits per heavy atom. The van der Waals surface area contributed by atoms with Gasteiger partial charge in [-0.05, 0) is 13.0 Å². The zero-order valence-electron chi connectivity index (χ0n) is 15.0. The Kier molecular flexibility index (Phi) is 8.74. The highest BCUT2D eigenvalue weighted by atomic mass is 127. The van der Waals surface area contributed by atoms with E-state index in [2.05, 4.69) is 22.2 Å². The number of halogens is 1. The summed E-state index contributed by atoms with van der Waals surface area (Å²) in [6, 6.07) is 8.08. The zero-order chi connectivity index (χ0) is 17.5. The summed E-state index contributed by atoms with van der Waals surface area (Å²) in [5.41, 5.74) is 2.10. The van der Waals surface area contributed by atoms with Gasteiger partial charge < -0.3 is 20.3 Å². The second-order valence-electron chi connectivity index (χ2n) is 6.14. The zero-order valence-corrected chi connectivity index (χ0v) is 17.4. The monoisotopic (exact) mass is 458 g/mol. The van der Waals surface area contributed by atoms with Crippen LogP contribution in [0.3, 0.4) is 0 Å². The van der Waals surface area contributed by atoms with Gasteiger partial charge in [0.15, 0.2) is 5.96 Å². The fraction of sp³-hybridized carbons (Fsp3) is 0.444. The molecule has 1 aromatic rings. The molecule has 1 unspecified atom stereocenters. The highest BCUT2D eigenvalue weighted by Crippen LogP contribution is 2.31. The number of ether oxygens (including phenoxy) is 1. The van der Waals surface area contributed by atoms with Crippen LogP contribution in [0.4, 0.5) is 0 Å². The highest BCUT2D eigenvalue weighted by Gasteiger charge is 2.22. The first-order chi connectivity index (χ1) is 11.5. The molecule has 1 aromatic carbocycles. The van der Waals surface area contributed by atoms with Crippen molar-refractivity contribution in [2.75, 3.05) is 33.8 Å². The van der Waals surface area contributed by atoms with Crippen molar-refractivity contribution in [3.05, 3.63) is 42.0 Å². The lowest BCUT2D eigenvalue weighted by Gasteiger charge is -2.28. The molecule has 0 bridgehead atoms. The summed E-state index contributed by atoms with van der Waals surface area (Å²) in [5, 5.41) is 6.63. The van der Waals surface area contributed by atoms with Crippen LogP contribution < -0.4 is 15.4 Å². The minimum absolute atomic E-state index is 0. The van der Waals surface area contributed by atoms with Crippen LogP contribution in [-0.2, 0) is 4.79 Å². The van der Waals surface area contributed by atoms with Gasteiger partial charge in [0, 0.05) is 32.6 Å². The summed E-state index contributed by atoms with van der Waals surface area (Å²) in [6.07, 6.45) is 0.840. The van der Waals surface area contributed by atoms with E-state index in [4.69, 9.17) is 4.74 Å². The van der Waals surface area contributed by atoms with E-state index >= 15 is 0 Å². The number of likely N-dealkylation sites (N-methyl/N-ethyl adjacent to an activating group) is 1. The molecule has 0 aromatic heterocycles. The van der Waals surface area contributed by atoms with Crippen LogP contribution in [0.1, 0.15) is 24.9 Å². The molecule has 2 N–H and O–H groups in total. The highest BCUT2D eigenvalue weighted by molar-refractivity contribution is 14.0. The van der Waals surface area contributed by atoms with Gasteiger partial charge in [-0.25, -0.2) is 4.99 Å². The Balaban J connectivity index is 0.00000312. The Morgan fingerprint density at radius 2 is 2.12 bits per heavy atom. The number of fused-ring (bicyclic) bond motifs is 1. The van der Waals surface area contributed by atoms with Crippen molar-refractivity contribution in [3.8, 4) is 5.75 Å². The number of rotatable bonds is 5. The third-order valence-corrected chi connectivity index (χ3v) is 3.70. The van der Waals surface area contributed by atoms with Crippen molar-refractivity contribution in [3.63, 3.8) is 0 Å². The van der Waals surface area contributed by atoms with Crippen LogP contribution in [-0.4, -0.2) is 50.6 Å². The third kappa shape index (κ3) is 6.56. The van der Waals surface area contributed by atoms with Crippen molar-refractivity contribution >= 4 is 35.8 Å². The molecule has 6 nitrogen and oxygen atoms in total. The summed E-state index contributed by atoms with van der Waals surface area (Å²) in [5.74, 6) is 1.46. The lowest BCUT2D eigenvalue weighted by atomic mass is 10.0. The molecule has 7 heteroatoms. The molecule has 1 atom stereocenters. The Bertz CT molecular complexity index is 631. The van der Waals surface area contributed by atoms with E-state index in [1.165, 1.54) is 4.90 Å². The number of guanidine groups is 1. The largest absolute Gasteiger partial charge is 0.493 e. The number of para-hydroxylation sites is 1. The van der Waals surface area contributed by atoms with E-state index in [9.17, 15) is 4.79 Å². The van der Waals surface area contributed by atoms with E-state index in [1.807, 2.05) is 31.2 Å². The van der Waals surface area contributed by atoms with Crippen LogP contribution in [0.15, 0.2) is 41.4 Å². The quantitative estimate of drug-likeness (QED) is 0.308. The molecule has 0 spiro atoms. The van der Waals surface area contributed by atoms with Crippen molar-refractivity contribution in [2.24, 2.45) is 4.99 Å². The smallest absolute Gasteiger partial charge is 0.243 e. The Labute approximate surface area is 166 Å².